The van der Waals surface area contributed by atoms with Crippen molar-refractivity contribution in [1.29, 1.82) is 0 Å². The van der Waals surface area contributed by atoms with Gasteiger partial charge >= 0.3 is 0 Å². The molecule has 2 N–H and O–H groups in total. The Morgan fingerprint density at radius 1 is 1.16 bits per heavy atom. The topological polar surface area (TPSA) is 43.8 Å². The predicted molar refractivity (Wildman–Crippen MR) is 79.2 cm³/mol. The van der Waals surface area contributed by atoms with Gasteiger partial charge in [-0.05, 0) is 37.0 Å². The van der Waals surface area contributed by atoms with Gasteiger partial charge in [-0.3, -0.25) is 4.68 Å². The fourth-order valence-corrected chi connectivity index (χ4v) is 2.33. The molecular formula is C16H23N3. The van der Waals surface area contributed by atoms with Crippen LogP contribution in [0.5, 0.6) is 0 Å². The Morgan fingerprint density at radius 3 is 2.26 bits per heavy atom. The van der Waals surface area contributed by atoms with Crippen LogP contribution in [0.4, 0.5) is 0 Å². The first-order valence-electron chi connectivity index (χ1n) is 6.92. The molecule has 1 aromatic carbocycles. The summed E-state index contributed by atoms with van der Waals surface area (Å²) in [4.78, 5) is 0. The van der Waals surface area contributed by atoms with Crippen LogP contribution < -0.4 is 5.73 Å². The quantitative estimate of drug-likeness (QED) is 0.912. The first-order chi connectivity index (χ1) is 9.02. The van der Waals surface area contributed by atoms with E-state index in [9.17, 15) is 0 Å². The highest BCUT2D eigenvalue weighted by molar-refractivity contribution is 5.32. The Morgan fingerprint density at radius 2 is 1.74 bits per heavy atom. The third-order valence-corrected chi connectivity index (χ3v) is 3.51. The summed E-state index contributed by atoms with van der Waals surface area (Å²) in [5, 5.41) is 4.46. The fraction of sp³-hybridized carbons (Fsp3) is 0.438. The predicted octanol–water partition coefficient (Wildman–Crippen LogP) is 3.38. The molecule has 0 saturated heterocycles. The van der Waals surface area contributed by atoms with Gasteiger partial charge in [0.2, 0.25) is 0 Å². The molecule has 3 nitrogen and oxygen atoms in total. The van der Waals surface area contributed by atoms with Gasteiger partial charge < -0.3 is 5.73 Å². The van der Waals surface area contributed by atoms with Gasteiger partial charge in [-0.2, -0.15) is 5.10 Å². The second kappa shape index (κ2) is 5.57. The van der Waals surface area contributed by atoms with Crippen molar-refractivity contribution in [2.45, 2.75) is 46.2 Å². The first kappa shape index (κ1) is 13.8. The highest BCUT2D eigenvalue weighted by Crippen LogP contribution is 2.23. The molecule has 19 heavy (non-hydrogen) atoms. The highest BCUT2D eigenvalue weighted by Gasteiger charge is 2.15. The zero-order valence-electron chi connectivity index (χ0n) is 12.2. The number of aromatic nitrogens is 2. The Bertz CT molecular complexity index is 538. The Labute approximate surface area is 115 Å². The van der Waals surface area contributed by atoms with Gasteiger partial charge in [0.1, 0.15) is 0 Å². The van der Waals surface area contributed by atoms with Crippen molar-refractivity contribution in [3.8, 4) is 0 Å². The van der Waals surface area contributed by atoms with E-state index in [0.29, 0.717) is 5.92 Å². The first-order valence-corrected chi connectivity index (χ1v) is 6.92. The number of hydrogen-bond acceptors (Lipinski definition) is 2. The number of rotatable bonds is 4. The van der Waals surface area contributed by atoms with Crippen molar-refractivity contribution in [1.82, 2.24) is 9.78 Å². The standard InChI is InChI=1S/C16H23N3/c1-5-19-15(10-12(4)18-19)16(17)14-8-6-13(7-9-14)11(2)3/h6-11,16H,5,17H2,1-4H3. The summed E-state index contributed by atoms with van der Waals surface area (Å²) in [6.45, 7) is 9.34. The van der Waals surface area contributed by atoms with Gasteiger partial charge in [-0.25, -0.2) is 0 Å². The van der Waals surface area contributed by atoms with Crippen LogP contribution >= 0.6 is 0 Å². The molecule has 0 spiro atoms. The maximum Gasteiger partial charge on any atom is 0.0723 e. The Balaban J connectivity index is 2.30. The molecular weight excluding hydrogens is 234 g/mol. The summed E-state index contributed by atoms with van der Waals surface area (Å²) >= 11 is 0. The molecule has 1 unspecified atom stereocenters. The molecule has 0 fully saturated rings. The third-order valence-electron chi connectivity index (χ3n) is 3.51. The molecule has 1 aromatic heterocycles. The lowest BCUT2D eigenvalue weighted by Crippen LogP contribution is -2.17. The van der Waals surface area contributed by atoms with Crippen LogP contribution in [-0.2, 0) is 6.54 Å². The summed E-state index contributed by atoms with van der Waals surface area (Å²) in [5.41, 5.74) is 11.0. The lowest BCUT2D eigenvalue weighted by Gasteiger charge is -2.15. The number of aryl methyl sites for hydroxylation is 2. The monoisotopic (exact) mass is 257 g/mol. The van der Waals surface area contributed by atoms with Gasteiger partial charge in [0, 0.05) is 6.54 Å². The summed E-state index contributed by atoms with van der Waals surface area (Å²) in [6, 6.07) is 10.6. The molecule has 0 bridgehead atoms. The molecule has 0 aliphatic heterocycles. The molecule has 0 aliphatic carbocycles. The summed E-state index contributed by atoms with van der Waals surface area (Å²) in [5.74, 6) is 0.550. The van der Waals surface area contributed by atoms with E-state index in [4.69, 9.17) is 5.73 Å². The minimum Gasteiger partial charge on any atom is -0.319 e. The maximum atomic E-state index is 6.37. The van der Waals surface area contributed by atoms with Crippen LogP contribution in [0.2, 0.25) is 0 Å². The van der Waals surface area contributed by atoms with Gasteiger partial charge in [0.25, 0.3) is 0 Å². The van der Waals surface area contributed by atoms with Crippen LogP contribution in [0, 0.1) is 6.92 Å². The number of benzene rings is 1. The van der Waals surface area contributed by atoms with Crippen LogP contribution in [0.15, 0.2) is 30.3 Å². The van der Waals surface area contributed by atoms with E-state index in [1.165, 1.54) is 5.56 Å². The molecule has 1 atom stereocenters. The van der Waals surface area contributed by atoms with E-state index in [2.05, 4.69) is 56.2 Å². The van der Waals surface area contributed by atoms with Crippen LogP contribution in [-0.4, -0.2) is 9.78 Å². The summed E-state index contributed by atoms with van der Waals surface area (Å²) in [7, 11) is 0. The lowest BCUT2D eigenvalue weighted by atomic mass is 9.98. The van der Waals surface area contributed by atoms with E-state index >= 15 is 0 Å². The van der Waals surface area contributed by atoms with Crippen molar-refractivity contribution in [3.63, 3.8) is 0 Å². The van der Waals surface area contributed by atoms with Crippen molar-refractivity contribution in [2.75, 3.05) is 0 Å². The molecule has 0 aliphatic rings. The molecule has 2 rings (SSSR count). The average molecular weight is 257 g/mol. The van der Waals surface area contributed by atoms with E-state index in [1.54, 1.807) is 0 Å². The van der Waals surface area contributed by atoms with Gasteiger partial charge in [-0.1, -0.05) is 38.1 Å². The minimum atomic E-state index is -0.109. The highest BCUT2D eigenvalue weighted by atomic mass is 15.3. The van der Waals surface area contributed by atoms with E-state index in [-0.39, 0.29) is 6.04 Å². The van der Waals surface area contributed by atoms with Gasteiger partial charge in [0.15, 0.2) is 0 Å². The van der Waals surface area contributed by atoms with Crippen LogP contribution in [0.3, 0.4) is 0 Å². The van der Waals surface area contributed by atoms with Crippen LogP contribution in [0.25, 0.3) is 0 Å². The SMILES string of the molecule is CCn1nc(C)cc1C(N)c1ccc(C(C)C)cc1. The summed E-state index contributed by atoms with van der Waals surface area (Å²) in [6.07, 6.45) is 0. The van der Waals surface area contributed by atoms with Crippen molar-refractivity contribution < 1.29 is 0 Å². The van der Waals surface area contributed by atoms with E-state index < -0.39 is 0 Å². The van der Waals surface area contributed by atoms with E-state index in [0.717, 1.165) is 23.5 Å². The van der Waals surface area contributed by atoms with Crippen molar-refractivity contribution in [2.24, 2.45) is 5.73 Å². The molecule has 3 heteroatoms. The molecule has 0 radical (unpaired) electrons. The molecule has 102 valence electrons. The second-order valence-electron chi connectivity index (χ2n) is 5.33. The van der Waals surface area contributed by atoms with Gasteiger partial charge in [0.05, 0.1) is 17.4 Å². The lowest BCUT2D eigenvalue weighted by molar-refractivity contribution is 0.597. The normalized spacial score (nSPS) is 12.9. The Kier molecular flexibility index (Phi) is 4.05. The average Bonchev–Trinajstić information content (AvgIpc) is 2.79. The number of hydrogen-bond donors (Lipinski definition) is 1. The third kappa shape index (κ3) is 2.87. The van der Waals surface area contributed by atoms with Crippen molar-refractivity contribution >= 4 is 0 Å². The number of nitrogens with two attached hydrogens (primary N) is 1. The smallest absolute Gasteiger partial charge is 0.0723 e. The second-order valence-corrected chi connectivity index (χ2v) is 5.33. The van der Waals surface area contributed by atoms with E-state index in [1.807, 2.05) is 11.6 Å². The Hall–Kier alpha value is -1.61. The minimum absolute atomic E-state index is 0.109. The molecule has 1 heterocycles. The molecule has 2 aromatic rings. The maximum absolute atomic E-state index is 6.37. The fourth-order valence-electron chi connectivity index (χ4n) is 2.33. The molecule has 0 saturated carbocycles. The van der Waals surface area contributed by atoms with Crippen LogP contribution in [0.1, 0.15) is 55.2 Å². The van der Waals surface area contributed by atoms with Crippen molar-refractivity contribution in [3.05, 3.63) is 52.8 Å². The largest absolute Gasteiger partial charge is 0.319 e. The zero-order valence-corrected chi connectivity index (χ0v) is 12.2. The summed E-state index contributed by atoms with van der Waals surface area (Å²) < 4.78 is 1.98. The zero-order chi connectivity index (χ0) is 14.0. The van der Waals surface area contributed by atoms with Gasteiger partial charge in [-0.15, -0.1) is 0 Å². The molecule has 0 amide bonds. The number of nitrogens with zero attached hydrogens (tertiary/aromatic N) is 2.